The van der Waals surface area contributed by atoms with Gasteiger partial charge in [0, 0.05) is 35.2 Å². The van der Waals surface area contributed by atoms with Crippen molar-refractivity contribution in [1.29, 1.82) is 0 Å². The molecule has 1 aliphatic heterocycles. The molecule has 1 unspecified atom stereocenters. The molecule has 0 saturated heterocycles. The van der Waals surface area contributed by atoms with Gasteiger partial charge >= 0.3 is 0 Å². The minimum atomic E-state index is -3.78. The molecule has 2 aromatic rings. The van der Waals surface area contributed by atoms with Gasteiger partial charge in [-0.25, -0.2) is 8.42 Å². The maximum atomic E-state index is 13.0. The molecule has 7 nitrogen and oxygen atoms in total. The number of nitrogens with zero attached hydrogens (tertiary/aromatic N) is 1. The monoisotopic (exact) mass is 528 g/mol. The van der Waals surface area contributed by atoms with Crippen molar-refractivity contribution in [2.75, 3.05) is 23.1 Å². The number of hydrogen-bond donors (Lipinski definition) is 1. The van der Waals surface area contributed by atoms with Crippen LogP contribution in [0.5, 0.6) is 5.75 Å². The quantitative estimate of drug-likeness (QED) is 0.605. The van der Waals surface area contributed by atoms with Crippen molar-refractivity contribution < 1.29 is 22.7 Å². The highest BCUT2D eigenvalue weighted by Crippen LogP contribution is 2.38. The van der Waals surface area contributed by atoms with Gasteiger partial charge in [0.05, 0.1) is 22.8 Å². The standard InChI is InChI=1S/C21H22BrClN2O5S/c1-12-8-14-9-16(22)20(11-18(14)25(12)13(2)26)31(28,29)7-6-21(27)24-15-4-5-19(30-3)17(23)10-15/h4-5,9-12H,6-8H2,1-3H3,(H,24,27). The topological polar surface area (TPSA) is 92.8 Å². The average Bonchev–Trinajstić information content (AvgIpc) is 3.00. The van der Waals surface area contributed by atoms with E-state index in [-0.39, 0.29) is 29.0 Å². The van der Waals surface area contributed by atoms with Gasteiger partial charge in [0.2, 0.25) is 11.8 Å². The number of nitrogens with one attached hydrogen (secondary N) is 1. The van der Waals surface area contributed by atoms with Crippen LogP contribution in [0.4, 0.5) is 11.4 Å². The van der Waals surface area contributed by atoms with Crippen molar-refractivity contribution in [1.82, 2.24) is 0 Å². The highest BCUT2D eigenvalue weighted by molar-refractivity contribution is 9.10. The van der Waals surface area contributed by atoms with Gasteiger partial charge in [-0.05, 0) is 65.2 Å². The first-order valence-corrected chi connectivity index (χ1v) is 12.3. The number of carbonyl (C=O) groups is 2. The summed E-state index contributed by atoms with van der Waals surface area (Å²) >= 11 is 9.38. The summed E-state index contributed by atoms with van der Waals surface area (Å²) in [5.41, 5.74) is 1.94. The summed E-state index contributed by atoms with van der Waals surface area (Å²) in [4.78, 5) is 26.0. The van der Waals surface area contributed by atoms with Crippen LogP contribution in [-0.4, -0.2) is 39.1 Å². The van der Waals surface area contributed by atoms with E-state index in [9.17, 15) is 18.0 Å². The molecule has 1 N–H and O–H groups in total. The van der Waals surface area contributed by atoms with Gasteiger partial charge in [-0.1, -0.05) is 11.6 Å². The van der Waals surface area contributed by atoms with Crippen LogP contribution in [-0.2, 0) is 25.8 Å². The third-order valence-electron chi connectivity index (χ3n) is 5.06. The minimum Gasteiger partial charge on any atom is -0.495 e. The van der Waals surface area contributed by atoms with E-state index in [1.54, 1.807) is 23.1 Å². The zero-order chi connectivity index (χ0) is 22.9. The predicted octanol–water partition coefficient (Wildman–Crippen LogP) is 4.21. The van der Waals surface area contributed by atoms with Crippen LogP contribution in [0.25, 0.3) is 0 Å². The summed E-state index contributed by atoms with van der Waals surface area (Å²) in [7, 11) is -2.29. The molecule has 0 radical (unpaired) electrons. The molecule has 0 bridgehead atoms. The zero-order valence-electron chi connectivity index (χ0n) is 17.2. The van der Waals surface area contributed by atoms with Gasteiger partial charge in [0.15, 0.2) is 9.84 Å². The van der Waals surface area contributed by atoms with E-state index in [1.807, 2.05) is 6.92 Å². The van der Waals surface area contributed by atoms with E-state index in [1.165, 1.54) is 26.2 Å². The molecule has 1 atom stereocenters. The molecule has 0 saturated carbocycles. The highest BCUT2D eigenvalue weighted by Gasteiger charge is 2.32. The van der Waals surface area contributed by atoms with Crippen molar-refractivity contribution in [3.8, 4) is 5.75 Å². The highest BCUT2D eigenvalue weighted by atomic mass is 79.9. The van der Waals surface area contributed by atoms with Gasteiger partial charge in [0.1, 0.15) is 5.75 Å². The first kappa shape index (κ1) is 23.6. The Bertz CT molecular complexity index is 1150. The zero-order valence-corrected chi connectivity index (χ0v) is 20.4. The van der Waals surface area contributed by atoms with Gasteiger partial charge in [-0.15, -0.1) is 0 Å². The van der Waals surface area contributed by atoms with E-state index < -0.39 is 15.7 Å². The second-order valence-electron chi connectivity index (χ2n) is 7.32. The minimum absolute atomic E-state index is 0.0422. The molecule has 0 aromatic heterocycles. The lowest BCUT2D eigenvalue weighted by Crippen LogP contribution is -2.33. The number of ether oxygens (including phenoxy) is 1. The van der Waals surface area contributed by atoms with Crippen LogP contribution in [0.15, 0.2) is 39.7 Å². The maximum Gasteiger partial charge on any atom is 0.225 e. The molecule has 0 aliphatic carbocycles. The van der Waals surface area contributed by atoms with Gasteiger partial charge < -0.3 is 15.0 Å². The number of benzene rings is 2. The van der Waals surface area contributed by atoms with Crippen LogP contribution in [0.3, 0.4) is 0 Å². The molecule has 2 aromatic carbocycles. The third kappa shape index (κ3) is 5.05. The normalized spacial score (nSPS) is 15.5. The molecule has 31 heavy (non-hydrogen) atoms. The Kier molecular flexibility index (Phi) is 6.98. The second-order valence-corrected chi connectivity index (χ2v) is 10.7. The number of methoxy groups -OCH3 is 1. The fourth-order valence-corrected chi connectivity index (χ4v) is 6.35. The Morgan fingerprint density at radius 3 is 2.61 bits per heavy atom. The number of carbonyl (C=O) groups excluding carboxylic acids is 2. The summed E-state index contributed by atoms with van der Waals surface area (Å²) in [5.74, 6) is -0.511. The number of sulfone groups is 1. The summed E-state index contributed by atoms with van der Waals surface area (Å²) in [6, 6.07) is 7.96. The number of hydrogen-bond acceptors (Lipinski definition) is 5. The van der Waals surface area contributed by atoms with E-state index in [0.29, 0.717) is 33.0 Å². The molecular weight excluding hydrogens is 508 g/mol. The Labute approximate surface area is 194 Å². The van der Waals surface area contributed by atoms with E-state index in [0.717, 1.165) is 5.56 Å². The lowest BCUT2D eigenvalue weighted by molar-refractivity contribution is -0.117. The molecule has 0 spiro atoms. The molecule has 1 aliphatic rings. The van der Waals surface area contributed by atoms with Crippen molar-refractivity contribution in [3.63, 3.8) is 0 Å². The summed E-state index contributed by atoms with van der Waals surface area (Å²) in [6.07, 6.45) is 0.420. The van der Waals surface area contributed by atoms with Crippen LogP contribution in [0.2, 0.25) is 5.02 Å². The maximum absolute atomic E-state index is 13.0. The Balaban J connectivity index is 1.75. The van der Waals surface area contributed by atoms with Gasteiger partial charge in [-0.3, -0.25) is 9.59 Å². The fourth-order valence-electron chi connectivity index (χ4n) is 3.64. The summed E-state index contributed by atoms with van der Waals surface area (Å²) in [6.45, 7) is 3.37. The third-order valence-corrected chi connectivity index (χ3v) is 8.02. The van der Waals surface area contributed by atoms with Crippen molar-refractivity contribution in [3.05, 3.63) is 45.4 Å². The number of anilines is 2. The molecular formula is C21H22BrClN2O5S. The van der Waals surface area contributed by atoms with E-state index in [4.69, 9.17) is 16.3 Å². The average molecular weight is 530 g/mol. The van der Waals surface area contributed by atoms with Gasteiger partial charge in [-0.2, -0.15) is 0 Å². The van der Waals surface area contributed by atoms with Crippen molar-refractivity contribution in [2.45, 2.75) is 37.6 Å². The first-order valence-electron chi connectivity index (χ1n) is 9.52. The SMILES string of the molecule is COc1ccc(NC(=O)CCS(=O)(=O)c2cc3c(cc2Br)CC(C)N3C(C)=O)cc1Cl. The van der Waals surface area contributed by atoms with Crippen LogP contribution < -0.4 is 15.0 Å². The predicted molar refractivity (Wildman–Crippen MR) is 124 cm³/mol. The number of fused-ring (bicyclic) bond motifs is 1. The van der Waals surface area contributed by atoms with Gasteiger partial charge in [0.25, 0.3) is 0 Å². The van der Waals surface area contributed by atoms with E-state index in [2.05, 4.69) is 21.2 Å². The fraction of sp³-hybridized carbons (Fsp3) is 0.333. The molecule has 10 heteroatoms. The lowest BCUT2D eigenvalue weighted by atomic mass is 10.1. The van der Waals surface area contributed by atoms with Crippen LogP contribution in [0, 0.1) is 0 Å². The largest absolute Gasteiger partial charge is 0.495 e. The van der Waals surface area contributed by atoms with Crippen LogP contribution in [0.1, 0.15) is 25.8 Å². The number of amides is 2. The van der Waals surface area contributed by atoms with E-state index >= 15 is 0 Å². The molecule has 1 heterocycles. The van der Waals surface area contributed by atoms with Crippen LogP contribution >= 0.6 is 27.5 Å². The summed E-state index contributed by atoms with van der Waals surface area (Å²) < 4.78 is 31.4. The number of halogens is 2. The summed E-state index contributed by atoms with van der Waals surface area (Å²) in [5, 5.41) is 2.97. The Morgan fingerprint density at radius 1 is 1.29 bits per heavy atom. The van der Waals surface area contributed by atoms with Crippen molar-refractivity contribution in [2.24, 2.45) is 0 Å². The lowest BCUT2D eigenvalue weighted by Gasteiger charge is -2.21. The molecule has 3 rings (SSSR count). The molecule has 0 fully saturated rings. The molecule has 2 amide bonds. The second kappa shape index (κ2) is 9.18. The Hall–Kier alpha value is -2.10. The van der Waals surface area contributed by atoms with Crippen molar-refractivity contribution >= 4 is 60.6 Å². The smallest absolute Gasteiger partial charge is 0.225 e. The first-order chi connectivity index (χ1) is 14.5. The Morgan fingerprint density at radius 2 is 2.00 bits per heavy atom. The molecule has 166 valence electrons. The number of rotatable bonds is 6.